The van der Waals surface area contributed by atoms with Gasteiger partial charge < -0.3 is 4.90 Å². The molecule has 0 amide bonds. The van der Waals surface area contributed by atoms with Crippen molar-refractivity contribution in [3.05, 3.63) is 0 Å². The molecule has 0 bridgehead atoms. The Morgan fingerprint density at radius 3 is 3.00 bits per heavy atom. The number of nitrogens with zero attached hydrogens (tertiary/aromatic N) is 2. The zero-order valence-corrected chi connectivity index (χ0v) is 11.1. The second-order valence-corrected chi connectivity index (χ2v) is 6.81. The first-order chi connectivity index (χ1) is 7.03. The number of rotatable bonds is 0. The van der Waals surface area contributed by atoms with Gasteiger partial charge in [0.25, 0.3) is 0 Å². The molecule has 2 fully saturated rings. The van der Waals surface area contributed by atoms with Crippen LogP contribution < -0.4 is 0 Å². The molecule has 2 rings (SSSR count). The van der Waals surface area contributed by atoms with Gasteiger partial charge in [0.1, 0.15) is 7.85 Å². The highest BCUT2D eigenvalue weighted by Crippen LogP contribution is 2.46. The lowest BCUT2D eigenvalue weighted by Crippen LogP contribution is -2.33. The van der Waals surface area contributed by atoms with E-state index in [1.54, 1.807) is 0 Å². The van der Waals surface area contributed by atoms with Crippen molar-refractivity contribution in [2.24, 2.45) is 4.99 Å². The fourth-order valence-corrected chi connectivity index (χ4v) is 4.58. The molecule has 2 aliphatic rings. The quantitative estimate of drug-likeness (QED) is 0.583. The van der Waals surface area contributed by atoms with Gasteiger partial charge in [0.05, 0.1) is 0 Å². The molecule has 2 nitrogen and oxygen atoms in total. The predicted octanol–water partition coefficient (Wildman–Crippen LogP) is 1.77. The Labute approximate surface area is 98.3 Å². The van der Waals surface area contributed by atoms with Gasteiger partial charge in [-0.1, -0.05) is 36.8 Å². The Morgan fingerprint density at radius 1 is 1.60 bits per heavy atom. The first kappa shape index (κ1) is 11.4. The summed E-state index contributed by atoms with van der Waals surface area (Å²) in [5.74, 6) is 0. The largest absolute Gasteiger partial charge is 0.350 e. The summed E-state index contributed by atoms with van der Waals surface area (Å²) in [6.45, 7) is 2.41. The highest BCUT2D eigenvalue weighted by atomic mass is 32.2. The molecule has 0 aromatic carbocycles. The smallest absolute Gasteiger partial charge is 0.159 e. The minimum atomic E-state index is 0.524. The summed E-state index contributed by atoms with van der Waals surface area (Å²) in [6.07, 6.45) is 5.44. The first-order valence-corrected chi connectivity index (χ1v) is 6.78. The molecule has 0 N–H and O–H groups in total. The van der Waals surface area contributed by atoms with Crippen LogP contribution in [-0.2, 0) is 0 Å². The highest BCUT2D eigenvalue weighted by Gasteiger charge is 2.41. The number of amidine groups is 1. The molecular formula is C11H21BN2S. The summed E-state index contributed by atoms with van der Waals surface area (Å²) in [6, 6.07) is 0.732. The van der Waals surface area contributed by atoms with Gasteiger partial charge in [-0.3, -0.25) is 4.99 Å². The molecule has 4 heteroatoms. The highest BCUT2D eigenvalue weighted by molar-refractivity contribution is 8.14. The van der Waals surface area contributed by atoms with Crippen molar-refractivity contribution in [3.63, 3.8) is 0 Å². The summed E-state index contributed by atoms with van der Waals surface area (Å²) in [4.78, 5) is 6.78. The van der Waals surface area contributed by atoms with Crippen LogP contribution in [0.25, 0.3) is 0 Å². The molecule has 1 saturated carbocycles. The molecule has 3 unspecified atom stereocenters. The van der Waals surface area contributed by atoms with Crippen molar-refractivity contribution in [2.75, 3.05) is 14.1 Å². The lowest BCUT2D eigenvalue weighted by atomic mass is 9.65. The maximum absolute atomic E-state index is 4.38. The third kappa shape index (κ3) is 2.20. The lowest BCUT2D eigenvalue weighted by Gasteiger charge is -2.26. The van der Waals surface area contributed by atoms with Crippen molar-refractivity contribution in [3.8, 4) is 0 Å². The molecular weight excluding hydrogens is 203 g/mol. The van der Waals surface area contributed by atoms with Gasteiger partial charge in [0.15, 0.2) is 5.17 Å². The van der Waals surface area contributed by atoms with E-state index in [1.807, 2.05) is 18.8 Å². The van der Waals surface area contributed by atoms with Crippen molar-refractivity contribution in [1.82, 2.24) is 4.90 Å². The van der Waals surface area contributed by atoms with Gasteiger partial charge in [-0.25, -0.2) is 0 Å². The number of aliphatic imine (C=N–C) groups is 1. The van der Waals surface area contributed by atoms with Gasteiger partial charge in [0, 0.05) is 25.4 Å². The molecule has 1 heterocycles. The molecule has 1 aliphatic carbocycles. The van der Waals surface area contributed by atoms with Crippen LogP contribution in [0.4, 0.5) is 0 Å². The second-order valence-electron chi connectivity index (χ2n) is 5.60. The number of hydrogen-bond acceptors (Lipinski definition) is 2. The molecule has 0 radical (unpaired) electrons. The Bertz CT molecular complexity index is 278. The monoisotopic (exact) mass is 224 g/mol. The van der Waals surface area contributed by atoms with E-state index in [2.05, 4.69) is 31.7 Å². The van der Waals surface area contributed by atoms with Gasteiger partial charge in [-0.2, -0.15) is 0 Å². The maximum atomic E-state index is 4.38. The van der Waals surface area contributed by atoms with Gasteiger partial charge >= 0.3 is 0 Å². The average Bonchev–Trinajstić information content (AvgIpc) is 2.37. The number of fused-ring (bicyclic) bond motifs is 1. The molecule has 15 heavy (non-hydrogen) atoms. The van der Waals surface area contributed by atoms with Crippen LogP contribution in [0.15, 0.2) is 4.99 Å². The van der Waals surface area contributed by atoms with Gasteiger partial charge in [-0.15, -0.1) is 0 Å². The normalized spacial score (nSPS) is 44.2. The van der Waals surface area contributed by atoms with E-state index in [0.717, 1.165) is 11.3 Å². The summed E-state index contributed by atoms with van der Waals surface area (Å²) >= 11 is 1.99. The van der Waals surface area contributed by atoms with Crippen LogP contribution in [0.3, 0.4) is 0 Å². The standard InChI is InChI=1S/C11H21BN2S/c1-11(12)6-4-5-8-9(7-11)15-10(13-2)14(8)3/h8-9H,4-7,12H2,1-3H3/b13-10-. The SMILES string of the molecule is BC1(C)CCCC2C(C1)S/C(=N\C)N2C. The van der Waals surface area contributed by atoms with E-state index >= 15 is 0 Å². The summed E-state index contributed by atoms with van der Waals surface area (Å²) < 4.78 is 0. The van der Waals surface area contributed by atoms with Crippen molar-refractivity contribution < 1.29 is 0 Å². The Hall–Kier alpha value is -0.115. The topological polar surface area (TPSA) is 15.6 Å². The maximum Gasteiger partial charge on any atom is 0.159 e. The summed E-state index contributed by atoms with van der Waals surface area (Å²) in [7, 11) is 6.53. The minimum absolute atomic E-state index is 0.524. The zero-order chi connectivity index (χ0) is 11.1. The van der Waals surface area contributed by atoms with Crippen LogP contribution in [0.2, 0.25) is 5.31 Å². The van der Waals surface area contributed by atoms with Crippen LogP contribution in [0.1, 0.15) is 32.6 Å². The average molecular weight is 224 g/mol. The van der Waals surface area contributed by atoms with E-state index in [9.17, 15) is 0 Å². The van der Waals surface area contributed by atoms with Gasteiger partial charge in [-0.05, 0) is 12.8 Å². The second kappa shape index (κ2) is 4.04. The number of hydrogen-bond donors (Lipinski definition) is 0. The summed E-state index contributed by atoms with van der Waals surface area (Å²) in [5.41, 5.74) is 0. The molecule has 0 aromatic rings. The predicted molar refractivity (Wildman–Crippen MR) is 71.7 cm³/mol. The molecule has 1 saturated heterocycles. The van der Waals surface area contributed by atoms with Crippen LogP contribution in [-0.4, -0.2) is 43.3 Å². The zero-order valence-electron chi connectivity index (χ0n) is 10.3. The van der Waals surface area contributed by atoms with Crippen molar-refractivity contribution in [2.45, 2.75) is 49.2 Å². The first-order valence-electron chi connectivity index (χ1n) is 5.90. The molecule has 0 spiro atoms. The molecule has 1 aliphatic heterocycles. The van der Waals surface area contributed by atoms with Gasteiger partial charge in [0.2, 0.25) is 0 Å². The fourth-order valence-electron chi connectivity index (χ4n) is 2.89. The molecule has 84 valence electrons. The Kier molecular flexibility index (Phi) is 3.06. The lowest BCUT2D eigenvalue weighted by molar-refractivity contribution is 0.354. The van der Waals surface area contributed by atoms with Crippen LogP contribution in [0.5, 0.6) is 0 Å². The van der Waals surface area contributed by atoms with Crippen molar-refractivity contribution in [1.29, 1.82) is 0 Å². The van der Waals surface area contributed by atoms with Crippen molar-refractivity contribution >= 4 is 24.8 Å². The summed E-state index contributed by atoms with van der Waals surface area (Å²) in [5, 5.41) is 2.53. The third-order valence-electron chi connectivity index (χ3n) is 3.78. The fraction of sp³-hybridized carbons (Fsp3) is 0.909. The number of thioether (sulfide) groups is 1. The Morgan fingerprint density at radius 2 is 2.33 bits per heavy atom. The van der Waals surface area contributed by atoms with E-state index in [0.29, 0.717) is 5.31 Å². The van der Waals surface area contributed by atoms with E-state index in [1.165, 1.54) is 30.9 Å². The molecule has 0 aromatic heterocycles. The van der Waals surface area contributed by atoms with E-state index < -0.39 is 0 Å². The minimum Gasteiger partial charge on any atom is -0.350 e. The van der Waals surface area contributed by atoms with Crippen LogP contribution in [0, 0.1) is 0 Å². The molecule has 3 atom stereocenters. The van der Waals surface area contributed by atoms with Crippen LogP contribution >= 0.6 is 11.8 Å². The Balaban J connectivity index is 2.16. The third-order valence-corrected chi connectivity index (χ3v) is 5.25. The van der Waals surface area contributed by atoms with E-state index in [-0.39, 0.29) is 0 Å². The van der Waals surface area contributed by atoms with E-state index in [4.69, 9.17) is 0 Å².